The third kappa shape index (κ3) is 2.42. The molecule has 4 saturated carbocycles. The molecular weight excluding hydrogens is 331 g/mol. The van der Waals surface area contributed by atoms with Crippen LogP contribution < -0.4 is 4.74 Å². The minimum atomic E-state index is -0.326. The quantitative estimate of drug-likeness (QED) is 0.749. The lowest BCUT2D eigenvalue weighted by atomic mass is 9.48. The predicted molar refractivity (Wildman–Crippen MR) is 88.6 cm³/mol. The van der Waals surface area contributed by atoms with Gasteiger partial charge in [0, 0.05) is 6.07 Å². The van der Waals surface area contributed by atoms with Gasteiger partial charge in [0.15, 0.2) is 0 Å². The van der Waals surface area contributed by atoms with Crippen molar-refractivity contribution in [2.24, 2.45) is 23.2 Å². The van der Waals surface area contributed by atoms with E-state index in [0.717, 1.165) is 32.1 Å². The zero-order valence-electron chi connectivity index (χ0n) is 14.0. The van der Waals surface area contributed by atoms with Gasteiger partial charge in [0.1, 0.15) is 17.7 Å². The molecule has 2 unspecified atom stereocenters. The van der Waals surface area contributed by atoms with E-state index in [2.05, 4.69) is 0 Å². The number of halogens is 2. The number of esters is 1. The molecule has 4 bridgehead atoms. The van der Waals surface area contributed by atoms with Crippen LogP contribution in [0.3, 0.4) is 0 Å². The van der Waals surface area contributed by atoms with E-state index in [0.29, 0.717) is 34.1 Å². The van der Waals surface area contributed by atoms with Crippen molar-refractivity contribution in [3.8, 4) is 5.75 Å². The van der Waals surface area contributed by atoms with Gasteiger partial charge in [0.2, 0.25) is 0 Å². The van der Waals surface area contributed by atoms with Crippen molar-refractivity contribution in [3.63, 3.8) is 0 Å². The lowest BCUT2D eigenvalue weighted by Crippen LogP contribution is -2.58. The van der Waals surface area contributed by atoms with Gasteiger partial charge in [-0.3, -0.25) is 4.79 Å². The van der Waals surface area contributed by atoms with Crippen LogP contribution in [0.1, 0.15) is 37.7 Å². The van der Waals surface area contributed by atoms with Crippen LogP contribution in [0.25, 0.3) is 0 Å². The molecule has 24 heavy (non-hydrogen) atoms. The first-order valence-corrected chi connectivity index (χ1v) is 9.00. The largest absolute Gasteiger partial charge is 0.488 e. The second-order valence-electron chi connectivity index (χ2n) is 7.86. The average molecular weight is 353 g/mol. The molecule has 0 heterocycles. The Balaban J connectivity index is 1.59. The van der Waals surface area contributed by atoms with E-state index in [1.165, 1.54) is 13.2 Å². The first-order chi connectivity index (χ1) is 11.4. The van der Waals surface area contributed by atoms with Crippen molar-refractivity contribution in [3.05, 3.63) is 28.5 Å². The van der Waals surface area contributed by atoms with Crippen LogP contribution in [0.4, 0.5) is 4.39 Å². The number of hydrogen-bond donors (Lipinski definition) is 0. The number of benzene rings is 1. The minimum Gasteiger partial charge on any atom is -0.488 e. The van der Waals surface area contributed by atoms with Gasteiger partial charge in [-0.1, -0.05) is 11.6 Å². The summed E-state index contributed by atoms with van der Waals surface area (Å²) >= 11 is 6.25. The summed E-state index contributed by atoms with van der Waals surface area (Å²) in [4.78, 5) is 12.3. The molecule has 4 aliphatic rings. The SMILES string of the molecule is COC(=O)C12CC3CC(C1)C(Oc1cc(F)c(C)cc1Cl)C(C3)C2. The monoisotopic (exact) mass is 352 g/mol. The minimum absolute atomic E-state index is 0.0129. The van der Waals surface area contributed by atoms with Crippen LogP contribution in [-0.4, -0.2) is 19.2 Å². The molecule has 0 radical (unpaired) electrons. The van der Waals surface area contributed by atoms with Crippen molar-refractivity contribution in [1.82, 2.24) is 0 Å². The summed E-state index contributed by atoms with van der Waals surface area (Å²) in [5.41, 5.74) is 0.190. The van der Waals surface area contributed by atoms with E-state index < -0.39 is 0 Å². The molecule has 0 saturated heterocycles. The highest BCUT2D eigenvalue weighted by atomic mass is 35.5. The molecule has 0 spiro atoms. The van der Waals surface area contributed by atoms with Crippen molar-refractivity contribution in [1.29, 1.82) is 0 Å². The summed E-state index contributed by atoms with van der Waals surface area (Å²) in [5.74, 6) is 1.26. The Morgan fingerprint density at radius 1 is 1.25 bits per heavy atom. The fraction of sp³-hybridized carbons (Fsp3) is 0.632. The maximum Gasteiger partial charge on any atom is 0.311 e. The van der Waals surface area contributed by atoms with Crippen LogP contribution >= 0.6 is 11.6 Å². The number of aryl methyl sites for hydroxylation is 1. The normalized spacial score (nSPS) is 36.7. The van der Waals surface area contributed by atoms with E-state index in [4.69, 9.17) is 21.1 Å². The second kappa shape index (κ2) is 5.62. The molecule has 0 amide bonds. The molecule has 130 valence electrons. The molecule has 5 heteroatoms. The highest BCUT2D eigenvalue weighted by molar-refractivity contribution is 6.32. The Hall–Kier alpha value is -1.29. The highest BCUT2D eigenvalue weighted by Crippen LogP contribution is 2.61. The van der Waals surface area contributed by atoms with E-state index >= 15 is 0 Å². The summed E-state index contributed by atoms with van der Waals surface area (Å²) in [5, 5.41) is 0.449. The van der Waals surface area contributed by atoms with Crippen LogP contribution in [0.15, 0.2) is 12.1 Å². The zero-order valence-corrected chi connectivity index (χ0v) is 14.7. The van der Waals surface area contributed by atoms with Crippen LogP contribution in [0.2, 0.25) is 5.02 Å². The maximum atomic E-state index is 13.9. The Labute approximate surface area is 146 Å². The first-order valence-electron chi connectivity index (χ1n) is 8.62. The fourth-order valence-corrected chi connectivity index (χ4v) is 5.76. The number of ether oxygens (including phenoxy) is 2. The van der Waals surface area contributed by atoms with Crippen molar-refractivity contribution >= 4 is 17.6 Å². The standard InChI is InChI=1S/C19H22ClFO3/c1-10-3-14(20)16(6-15(10)21)24-17-12-4-11-5-13(17)9-19(7-11,8-12)18(22)23-2/h3,6,11-13,17H,4-5,7-9H2,1-2H3. The molecular formula is C19H22ClFO3. The number of carbonyl (C=O) groups excluding carboxylic acids is 1. The molecule has 1 aromatic carbocycles. The van der Waals surface area contributed by atoms with Gasteiger partial charge in [0.05, 0.1) is 17.5 Å². The maximum absolute atomic E-state index is 13.9. The van der Waals surface area contributed by atoms with Gasteiger partial charge in [-0.15, -0.1) is 0 Å². The van der Waals surface area contributed by atoms with Gasteiger partial charge in [-0.05, 0) is 68.4 Å². The lowest BCUT2D eigenvalue weighted by molar-refractivity contribution is -0.179. The number of methoxy groups -OCH3 is 1. The summed E-state index contributed by atoms with van der Waals surface area (Å²) in [6.45, 7) is 1.69. The van der Waals surface area contributed by atoms with E-state index in [-0.39, 0.29) is 23.3 Å². The lowest BCUT2D eigenvalue weighted by Gasteiger charge is -2.58. The Bertz CT molecular complexity index is 673. The molecule has 0 N–H and O–H groups in total. The molecule has 1 aromatic rings. The van der Waals surface area contributed by atoms with Gasteiger partial charge in [0.25, 0.3) is 0 Å². The van der Waals surface area contributed by atoms with Crippen molar-refractivity contribution in [2.75, 3.05) is 7.11 Å². The van der Waals surface area contributed by atoms with Crippen molar-refractivity contribution < 1.29 is 18.7 Å². The summed E-state index contributed by atoms with van der Waals surface area (Å²) in [6, 6.07) is 3.00. The van der Waals surface area contributed by atoms with Crippen LogP contribution in [-0.2, 0) is 9.53 Å². The van der Waals surface area contributed by atoms with Gasteiger partial charge >= 0.3 is 5.97 Å². The Morgan fingerprint density at radius 2 is 1.92 bits per heavy atom. The molecule has 3 nitrogen and oxygen atoms in total. The zero-order chi connectivity index (χ0) is 17.1. The Morgan fingerprint density at radius 3 is 2.54 bits per heavy atom. The third-order valence-corrected chi connectivity index (χ3v) is 6.58. The van der Waals surface area contributed by atoms with Gasteiger partial charge in [-0.25, -0.2) is 4.39 Å². The molecule has 0 aliphatic heterocycles. The summed E-state index contributed by atoms with van der Waals surface area (Å²) in [7, 11) is 1.48. The average Bonchev–Trinajstić information content (AvgIpc) is 2.54. The summed E-state index contributed by atoms with van der Waals surface area (Å²) in [6.07, 6.45) is 4.72. The number of carbonyl (C=O) groups is 1. The smallest absolute Gasteiger partial charge is 0.311 e. The van der Waals surface area contributed by atoms with Crippen molar-refractivity contribution in [2.45, 2.75) is 45.1 Å². The third-order valence-electron chi connectivity index (χ3n) is 6.28. The number of rotatable bonds is 3. The molecule has 2 atom stereocenters. The highest BCUT2D eigenvalue weighted by Gasteiger charge is 2.60. The number of hydrogen-bond acceptors (Lipinski definition) is 3. The topological polar surface area (TPSA) is 35.5 Å². The summed E-state index contributed by atoms with van der Waals surface area (Å²) < 4.78 is 25.2. The molecule has 4 fully saturated rings. The first kappa shape index (κ1) is 16.2. The Kier molecular flexibility index (Phi) is 3.79. The second-order valence-corrected chi connectivity index (χ2v) is 8.26. The van der Waals surface area contributed by atoms with Crippen LogP contribution in [0, 0.1) is 35.9 Å². The fourth-order valence-electron chi connectivity index (χ4n) is 5.50. The van der Waals surface area contributed by atoms with E-state index in [1.54, 1.807) is 13.0 Å². The van der Waals surface area contributed by atoms with Gasteiger partial charge in [-0.2, -0.15) is 0 Å². The predicted octanol–water partition coefficient (Wildman–Crippen LogP) is 4.53. The van der Waals surface area contributed by atoms with Gasteiger partial charge < -0.3 is 9.47 Å². The van der Waals surface area contributed by atoms with Crippen LogP contribution in [0.5, 0.6) is 5.75 Å². The molecule has 4 aliphatic carbocycles. The van der Waals surface area contributed by atoms with E-state index in [1.807, 2.05) is 0 Å². The van der Waals surface area contributed by atoms with E-state index in [9.17, 15) is 9.18 Å². The molecule has 5 rings (SSSR count). The molecule has 0 aromatic heterocycles.